The van der Waals surface area contributed by atoms with Crippen molar-refractivity contribution in [3.05, 3.63) is 34.4 Å². The molecule has 0 radical (unpaired) electrons. The van der Waals surface area contributed by atoms with Crippen LogP contribution in [0, 0.1) is 26.7 Å². The van der Waals surface area contributed by atoms with Gasteiger partial charge in [0, 0.05) is 19.5 Å². The van der Waals surface area contributed by atoms with Gasteiger partial charge in [-0.15, -0.1) is 0 Å². The molecule has 1 aliphatic heterocycles. The van der Waals surface area contributed by atoms with E-state index < -0.39 is 0 Å². The molecule has 1 saturated heterocycles. The number of primary amides is 1. The highest BCUT2D eigenvalue weighted by molar-refractivity contribution is 5.88. The van der Waals surface area contributed by atoms with E-state index in [1.54, 1.807) is 4.90 Å². The van der Waals surface area contributed by atoms with Crippen molar-refractivity contribution in [3.8, 4) is 0 Å². The number of nitrogens with zero attached hydrogens (tertiary/aromatic N) is 1. The summed E-state index contributed by atoms with van der Waals surface area (Å²) in [5.74, 6) is -0.699. The van der Waals surface area contributed by atoms with E-state index in [2.05, 4.69) is 32.9 Å². The molecule has 0 bridgehead atoms. The smallest absolute Gasteiger partial charge is 0.223 e. The van der Waals surface area contributed by atoms with Crippen molar-refractivity contribution in [2.75, 3.05) is 6.54 Å². The highest BCUT2D eigenvalue weighted by atomic mass is 16.2. The summed E-state index contributed by atoms with van der Waals surface area (Å²) >= 11 is 0. The van der Waals surface area contributed by atoms with Gasteiger partial charge in [0.05, 0.1) is 5.92 Å². The normalized spacial score (nSPS) is 19.0. The van der Waals surface area contributed by atoms with E-state index in [-0.39, 0.29) is 24.2 Å². The second-order valence-electron chi connectivity index (χ2n) is 5.45. The molecule has 0 spiro atoms. The van der Waals surface area contributed by atoms with E-state index in [0.29, 0.717) is 13.1 Å². The molecule has 4 nitrogen and oxygen atoms in total. The fourth-order valence-corrected chi connectivity index (χ4v) is 2.77. The zero-order chi connectivity index (χ0) is 14.2. The Bertz CT molecular complexity index is 514. The molecule has 1 unspecified atom stereocenters. The second-order valence-corrected chi connectivity index (χ2v) is 5.45. The molecule has 1 heterocycles. The van der Waals surface area contributed by atoms with Gasteiger partial charge in [-0.2, -0.15) is 0 Å². The van der Waals surface area contributed by atoms with Crippen molar-refractivity contribution in [3.63, 3.8) is 0 Å². The topological polar surface area (TPSA) is 63.4 Å². The van der Waals surface area contributed by atoms with E-state index in [1.807, 2.05) is 0 Å². The first kappa shape index (κ1) is 13.6. The Kier molecular flexibility index (Phi) is 3.60. The average Bonchev–Trinajstić information content (AvgIpc) is 2.65. The molecule has 1 aromatic carbocycles. The van der Waals surface area contributed by atoms with Crippen LogP contribution in [0.5, 0.6) is 0 Å². The Balaban J connectivity index is 2.19. The van der Waals surface area contributed by atoms with Crippen LogP contribution in [0.25, 0.3) is 0 Å². The minimum absolute atomic E-state index is 0.0168. The number of aryl methyl sites for hydroxylation is 3. The first-order chi connectivity index (χ1) is 8.88. The molecule has 19 heavy (non-hydrogen) atoms. The van der Waals surface area contributed by atoms with Crippen LogP contribution in [-0.4, -0.2) is 23.3 Å². The Labute approximate surface area is 113 Å². The van der Waals surface area contributed by atoms with Crippen LogP contribution in [0.2, 0.25) is 0 Å². The number of hydrogen-bond acceptors (Lipinski definition) is 2. The molecule has 4 heteroatoms. The molecule has 102 valence electrons. The number of carbonyl (C=O) groups is 2. The third-order valence-corrected chi connectivity index (χ3v) is 3.81. The van der Waals surface area contributed by atoms with E-state index in [1.165, 1.54) is 22.3 Å². The molecule has 2 amide bonds. The molecule has 1 atom stereocenters. The van der Waals surface area contributed by atoms with Crippen LogP contribution in [0.4, 0.5) is 0 Å². The largest absolute Gasteiger partial charge is 0.369 e. The Morgan fingerprint density at radius 1 is 1.32 bits per heavy atom. The molecule has 1 aromatic rings. The fourth-order valence-electron chi connectivity index (χ4n) is 2.77. The number of likely N-dealkylation sites (tertiary alicyclic amines) is 1. The quantitative estimate of drug-likeness (QED) is 0.894. The molecular weight excluding hydrogens is 240 g/mol. The molecule has 2 rings (SSSR count). The predicted molar refractivity (Wildman–Crippen MR) is 73.4 cm³/mol. The highest BCUT2D eigenvalue weighted by Crippen LogP contribution is 2.23. The van der Waals surface area contributed by atoms with Gasteiger partial charge in [0.2, 0.25) is 11.8 Å². The van der Waals surface area contributed by atoms with Gasteiger partial charge < -0.3 is 10.6 Å². The summed E-state index contributed by atoms with van der Waals surface area (Å²) in [6, 6.07) is 4.24. The fraction of sp³-hybridized carbons (Fsp3) is 0.467. The zero-order valence-electron chi connectivity index (χ0n) is 11.7. The summed E-state index contributed by atoms with van der Waals surface area (Å²) in [7, 11) is 0. The number of amides is 2. The summed E-state index contributed by atoms with van der Waals surface area (Å²) in [6.07, 6.45) is 0.249. The molecule has 0 aromatic heterocycles. The van der Waals surface area contributed by atoms with Crippen LogP contribution < -0.4 is 5.73 Å². The van der Waals surface area contributed by atoms with Crippen LogP contribution in [0.15, 0.2) is 12.1 Å². The van der Waals surface area contributed by atoms with Gasteiger partial charge in [-0.25, -0.2) is 0 Å². The lowest BCUT2D eigenvalue weighted by molar-refractivity contribution is -0.128. The number of rotatable bonds is 3. The maximum absolute atomic E-state index is 11.9. The van der Waals surface area contributed by atoms with Crippen molar-refractivity contribution in [1.29, 1.82) is 0 Å². The van der Waals surface area contributed by atoms with Crippen LogP contribution in [-0.2, 0) is 16.1 Å². The third kappa shape index (κ3) is 2.78. The molecule has 1 fully saturated rings. The second kappa shape index (κ2) is 5.03. The van der Waals surface area contributed by atoms with E-state index in [4.69, 9.17) is 5.73 Å². The van der Waals surface area contributed by atoms with Gasteiger partial charge in [0.15, 0.2) is 0 Å². The van der Waals surface area contributed by atoms with Gasteiger partial charge in [0.25, 0.3) is 0 Å². The van der Waals surface area contributed by atoms with Gasteiger partial charge >= 0.3 is 0 Å². The first-order valence-electron chi connectivity index (χ1n) is 6.52. The molecule has 1 aliphatic rings. The van der Waals surface area contributed by atoms with Crippen molar-refractivity contribution in [2.24, 2.45) is 11.7 Å². The Morgan fingerprint density at radius 2 is 1.89 bits per heavy atom. The van der Waals surface area contributed by atoms with E-state index in [9.17, 15) is 9.59 Å². The van der Waals surface area contributed by atoms with Crippen molar-refractivity contribution >= 4 is 11.8 Å². The zero-order valence-corrected chi connectivity index (χ0v) is 11.7. The maximum Gasteiger partial charge on any atom is 0.223 e. The Hall–Kier alpha value is -1.84. The SMILES string of the molecule is Cc1cc(C)c(CN2CC(C(N)=O)CC2=O)c(C)c1. The lowest BCUT2D eigenvalue weighted by Crippen LogP contribution is -2.28. The predicted octanol–water partition coefficient (Wildman–Crippen LogP) is 1.45. The maximum atomic E-state index is 11.9. The van der Waals surface area contributed by atoms with Crippen LogP contribution >= 0.6 is 0 Å². The minimum Gasteiger partial charge on any atom is -0.369 e. The summed E-state index contributed by atoms with van der Waals surface area (Å²) in [5, 5.41) is 0. The summed E-state index contributed by atoms with van der Waals surface area (Å²) in [4.78, 5) is 24.8. The molecular formula is C15H20N2O2. The van der Waals surface area contributed by atoms with Crippen molar-refractivity contribution < 1.29 is 9.59 Å². The van der Waals surface area contributed by atoms with Gasteiger partial charge in [-0.1, -0.05) is 17.7 Å². The molecule has 0 aliphatic carbocycles. The highest BCUT2D eigenvalue weighted by Gasteiger charge is 2.33. The standard InChI is InChI=1S/C15H20N2O2/c1-9-4-10(2)13(11(3)5-9)8-17-7-12(15(16)19)6-14(17)18/h4-5,12H,6-8H2,1-3H3,(H2,16,19). The number of nitrogens with two attached hydrogens (primary N) is 1. The minimum atomic E-state index is -0.381. The van der Waals surface area contributed by atoms with E-state index >= 15 is 0 Å². The van der Waals surface area contributed by atoms with Gasteiger partial charge in [-0.05, 0) is 37.5 Å². The van der Waals surface area contributed by atoms with E-state index in [0.717, 1.165) is 0 Å². The number of carbonyl (C=O) groups excluding carboxylic acids is 2. The van der Waals surface area contributed by atoms with Gasteiger partial charge in [0.1, 0.15) is 0 Å². The first-order valence-corrected chi connectivity index (χ1v) is 6.52. The number of hydrogen-bond donors (Lipinski definition) is 1. The summed E-state index contributed by atoms with van der Waals surface area (Å²) < 4.78 is 0. The summed E-state index contributed by atoms with van der Waals surface area (Å²) in [5.41, 5.74) is 10.0. The third-order valence-electron chi connectivity index (χ3n) is 3.81. The summed E-state index contributed by atoms with van der Waals surface area (Å²) in [6.45, 7) is 7.19. The van der Waals surface area contributed by atoms with Crippen molar-refractivity contribution in [2.45, 2.75) is 33.7 Å². The van der Waals surface area contributed by atoms with Crippen LogP contribution in [0.3, 0.4) is 0 Å². The molecule has 0 saturated carbocycles. The molecule has 2 N–H and O–H groups in total. The van der Waals surface area contributed by atoms with Crippen molar-refractivity contribution in [1.82, 2.24) is 4.90 Å². The number of benzene rings is 1. The lowest BCUT2D eigenvalue weighted by atomic mass is 9.99. The Morgan fingerprint density at radius 3 is 2.37 bits per heavy atom. The van der Waals surface area contributed by atoms with Gasteiger partial charge in [-0.3, -0.25) is 9.59 Å². The monoisotopic (exact) mass is 260 g/mol. The average molecular weight is 260 g/mol. The lowest BCUT2D eigenvalue weighted by Gasteiger charge is -2.20. The van der Waals surface area contributed by atoms with Crippen LogP contribution in [0.1, 0.15) is 28.7 Å².